The van der Waals surface area contributed by atoms with E-state index in [9.17, 15) is 0 Å². The average molecular weight is 254 g/mol. The molecule has 0 aliphatic heterocycles. The zero-order valence-electron chi connectivity index (χ0n) is 3.72. The summed E-state index contributed by atoms with van der Waals surface area (Å²) in [6.45, 7) is 0. The molecule has 0 atom stereocenters. The molecule has 0 aromatic carbocycles. The van der Waals surface area contributed by atoms with Gasteiger partial charge in [0.05, 0.1) is 0 Å². The van der Waals surface area contributed by atoms with Crippen LogP contribution < -0.4 is 0 Å². The Morgan fingerprint density at radius 2 is 1.50 bits per heavy atom. The van der Waals surface area contributed by atoms with Crippen molar-refractivity contribution in [1.29, 1.82) is 0 Å². The van der Waals surface area contributed by atoms with Crippen molar-refractivity contribution >= 4 is 0 Å². The third-order valence-electron chi connectivity index (χ3n) is 0.655. The molecule has 36 valence electrons. The summed E-state index contributed by atoms with van der Waals surface area (Å²) in [7, 11) is 0. The fourth-order valence-corrected chi connectivity index (χ4v) is 0.393. The molecule has 1 heteroatoms. The molecule has 0 nitrogen and oxygen atoms in total. The van der Waals surface area contributed by atoms with Gasteiger partial charge in [0, 0.05) is 0 Å². The summed E-state index contributed by atoms with van der Waals surface area (Å²) in [5.41, 5.74) is 0. The summed E-state index contributed by atoms with van der Waals surface area (Å²) >= 11 is 0. The second kappa shape index (κ2) is 3.36. The van der Waals surface area contributed by atoms with Crippen LogP contribution in [0.3, 0.4) is 0 Å². The normalized spacial score (nSPS) is 14.7. The third kappa shape index (κ3) is 1.57. The quantitative estimate of drug-likeness (QED) is 0.588. The van der Waals surface area contributed by atoms with E-state index in [1.165, 1.54) is 0 Å². The van der Waals surface area contributed by atoms with Gasteiger partial charge in [-0.3, -0.25) is 0 Å². The van der Waals surface area contributed by atoms with Gasteiger partial charge in [-0.2, -0.15) is 0 Å². The summed E-state index contributed by atoms with van der Waals surface area (Å²) in [5.74, 6) is 0. The van der Waals surface area contributed by atoms with Gasteiger partial charge in [0.2, 0.25) is 0 Å². The number of hydrogen-bond acceptors (Lipinski definition) is 0. The zero-order valence-corrected chi connectivity index (χ0v) is 8.80. The van der Waals surface area contributed by atoms with Crippen LogP contribution in [-0.4, -0.2) is 0 Å². The van der Waals surface area contributed by atoms with E-state index in [1.54, 1.807) is 0 Å². The Labute approximate surface area is 52.2 Å². The van der Waals surface area contributed by atoms with Crippen LogP contribution in [0.25, 0.3) is 0 Å². The summed E-state index contributed by atoms with van der Waals surface area (Å²) in [6.07, 6.45) is 9.50. The molecule has 1 aliphatic rings. The number of allylic oxidation sites excluding steroid dienone is 4. The minimum absolute atomic E-state index is 0. The van der Waals surface area contributed by atoms with E-state index in [2.05, 4.69) is 24.3 Å². The van der Waals surface area contributed by atoms with E-state index in [1.807, 2.05) is 0 Å². The molecule has 0 spiro atoms. The van der Waals surface area contributed by atoms with Crippen molar-refractivity contribution in [3.05, 3.63) is 24.3 Å². The predicted octanol–water partition coefficient (Wildman–Crippen LogP) is 0.429. The van der Waals surface area contributed by atoms with Crippen LogP contribution in [-0.2, 0) is 21.1 Å². The molecule has 0 saturated carbocycles. The molecule has 1 aliphatic carbocycles. The molecule has 0 heterocycles. The van der Waals surface area contributed by atoms with Crippen molar-refractivity contribution < 1.29 is 21.1 Å². The van der Waals surface area contributed by atoms with E-state index in [0.29, 0.717) is 0 Å². The molecule has 0 aromatic rings. The second-order valence-corrected chi connectivity index (χ2v) is 1.09. The fourth-order valence-electron chi connectivity index (χ4n) is 0.393. The third-order valence-corrected chi connectivity index (χ3v) is 0.655. The Balaban J connectivity index is 0.000000250. The Morgan fingerprint density at radius 1 is 1.00 bits per heavy atom. The van der Waals surface area contributed by atoms with Gasteiger partial charge in [-0.15, -0.1) is 0 Å². The van der Waals surface area contributed by atoms with Crippen LogP contribution in [0.15, 0.2) is 24.3 Å². The van der Waals surface area contributed by atoms with Gasteiger partial charge in [0.1, 0.15) is 0 Å². The van der Waals surface area contributed by atoms with Crippen molar-refractivity contribution in [1.82, 2.24) is 0 Å². The van der Waals surface area contributed by atoms with Crippen molar-refractivity contribution in [2.45, 2.75) is 6.42 Å². The van der Waals surface area contributed by atoms with Gasteiger partial charge >= 0.3 is 21.1 Å². The first kappa shape index (κ1) is 6.17. The zero-order chi connectivity index (χ0) is 3.54. The molecular formula is C5H10W. The van der Waals surface area contributed by atoms with Gasteiger partial charge in [-0.05, 0) is 6.42 Å². The maximum absolute atomic E-state index is 2.12. The van der Waals surface area contributed by atoms with E-state index in [-0.39, 0.29) is 21.1 Å². The van der Waals surface area contributed by atoms with Gasteiger partial charge in [-0.25, -0.2) is 0 Å². The monoisotopic (exact) mass is 254 g/mol. The van der Waals surface area contributed by atoms with E-state index < -0.39 is 0 Å². The van der Waals surface area contributed by atoms with Crippen LogP contribution in [0.5, 0.6) is 0 Å². The first-order valence-electron chi connectivity index (χ1n) is 1.82. The van der Waals surface area contributed by atoms with E-state index >= 15 is 0 Å². The molecule has 0 bridgehead atoms. The summed E-state index contributed by atoms with van der Waals surface area (Å²) in [5, 5.41) is 0. The van der Waals surface area contributed by atoms with Crippen LogP contribution in [0.1, 0.15) is 6.42 Å². The van der Waals surface area contributed by atoms with E-state index in [4.69, 9.17) is 0 Å². The van der Waals surface area contributed by atoms with Gasteiger partial charge in [-0.1, -0.05) is 24.3 Å². The van der Waals surface area contributed by atoms with Gasteiger partial charge < -0.3 is 0 Å². The number of hydrogen-bond donors (Lipinski definition) is 0. The molecule has 0 fully saturated rings. The fraction of sp³-hybridized carbons (Fsp3) is 0.200. The van der Waals surface area contributed by atoms with E-state index in [0.717, 1.165) is 6.42 Å². The van der Waals surface area contributed by atoms with Crippen molar-refractivity contribution in [2.24, 2.45) is 0 Å². The van der Waals surface area contributed by atoms with Gasteiger partial charge in [0.25, 0.3) is 0 Å². The molecule has 0 unspecified atom stereocenters. The Bertz CT molecular complexity index is 62.0. The van der Waals surface area contributed by atoms with Crippen molar-refractivity contribution in [3.8, 4) is 0 Å². The first-order chi connectivity index (χ1) is 2.50. The molecule has 6 heavy (non-hydrogen) atoms. The molecule has 0 radical (unpaired) electrons. The molecule has 0 amide bonds. The number of rotatable bonds is 0. The van der Waals surface area contributed by atoms with Crippen LogP contribution >= 0.6 is 0 Å². The topological polar surface area (TPSA) is 0 Å². The molecule has 0 saturated heterocycles. The Kier molecular flexibility index (Phi) is 3.46. The SMILES string of the molecule is C1=CCC=C1.[WH4]. The molecule has 0 N–H and O–H groups in total. The Hall–Kier alpha value is 0.168. The molecule has 0 aromatic heterocycles. The predicted molar refractivity (Wildman–Crippen MR) is 28.5 cm³/mol. The first-order valence-corrected chi connectivity index (χ1v) is 1.82. The van der Waals surface area contributed by atoms with Crippen LogP contribution in [0, 0.1) is 0 Å². The second-order valence-electron chi connectivity index (χ2n) is 1.09. The summed E-state index contributed by atoms with van der Waals surface area (Å²) < 4.78 is 0. The average Bonchev–Trinajstić information content (AvgIpc) is 1.76. The van der Waals surface area contributed by atoms with Crippen LogP contribution in [0.4, 0.5) is 0 Å². The Morgan fingerprint density at radius 3 is 1.67 bits per heavy atom. The van der Waals surface area contributed by atoms with Crippen LogP contribution in [0.2, 0.25) is 0 Å². The van der Waals surface area contributed by atoms with Gasteiger partial charge in [0.15, 0.2) is 0 Å². The standard InChI is InChI=1S/C5H6.W.4H/c1-2-4-5-3-1;;;;;/h1-4H,5H2;;;;;. The molecule has 1 rings (SSSR count). The summed E-state index contributed by atoms with van der Waals surface area (Å²) in [6, 6.07) is 0. The van der Waals surface area contributed by atoms with Crippen molar-refractivity contribution in [3.63, 3.8) is 0 Å². The maximum atomic E-state index is 2.12. The molecular weight excluding hydrogens is 244 g/mol. The minimum atomic E-state index is 0. The summed E-state index contributed by atoms with van der Waals surface area (Å²) in [4.78, 5) is 0. The van der Waals surface area contributed by atoms with Crippen molar-refractivity contribution in [2.75, 3.05) is 0 Å².